The van der Waals surface area contributed by atoms with Crippen molar-refractivity contribution in [3.63, 3.8) is 0 Å². The summed E-state index contributed by atoms with van der Waals surface area (Å²) >= 11 is 4.80. The van der Waals surface area contributed by atoms with Crippen molar-refractivity contribution >= 4 is 38.9 Å². The predicted molar refractivity (Wildman–Crippen MR) is 80.2 cm³/mol. The SMILES string of the molecule is Nc1ccc(Br)cc1C(=O)NCC(O)c1ccsc1. The van der Waals surface area contributed by atoms with Crippen LogP contribution in [0.1, 0.15) is 22.0 Å². The maximum Gasteiger partial charge on any atom is 0.253 e. The number of aliphatic hydroxyl groups excluding tert-OH is 1. The molecule has 1 heterocycles. The third kappa shape index (κ3) is 3.56. The van der Waals surface area contributed by atoms with Crippen LogP contribution in [0, 0.1) is 0 Å². The molecule has 1 unspecified atom stereocenters. The summed E-state index contributed by atoms with van der Waals surface area (Å²) in [5.41, 5.74) is 7.35. The zero-order valence-corrected chi connectivity index (χ0v) is 12.4. The highest BCUT2D eigenvalue weighted by molar-refractivity contribution is 9.10. The Hall–Kier alpha value is -1.37. The Balaban J connectivity index is 2.00. The quantitative estimate of drug-likeness (QED) is 0.748. The molecular formula is C13H13BrN2O2S. The number of aliphatic hydroxyl groups is 1. The lowest BCUT2D eigenvalue weighted by atomic mass is 10.1. The highest BCUT2D eigenvalue weighted by Gasteiger charge is 2.13. The minimum absolute atomic E-state index is 0.154. The summed E-state index contributed by atoms with van der Waals surface area (Å²) in [4.78, 5) is 12.0. The van der Waals surface area contributed by atoms with Crippen LogP contribution in [0.2, 0.25) is 0 Å². The van der Waals surface area contributed by atoms with Gasteiger partial charge in [0, 0.05) is 16.7 Å². The first-order valence-electron chi connectivity index (χ1n) is 5.61. The summed E-state index contributed by atoms with van der Waals surface area (Å²) in [5, 5.41) is 16.3. The third-order valence-corrected chi connectivity index (χ3v) is 3.84. The van der Waals surface area contributed by atoms with E-state index in [1.165, 1.54) is 11.3 Å². The van der Waals surface area contributed by atoms with Crippen LogP contribution in [0.4, 0.5) is 5.69 Å². The van der Waals surface area contributed by atoms with E-state index in [9.17, 15) is 9.90 Å². The van der Waals surface area contributed by atoms with E-state index >= 15 is 0 Å². The van der Waals surface area contributed by atoms with Crippen molar-refractivity contribution in [2.45, 2.75) is 6.10 Å². The van der Waals surface area contributed by atoms with Gasteiger partial charge in [0.25, 0.3) is 5.91 Å². The van der Waals surface area contributed by atoms with Gasteiger partial charge in [0.2, 0.25) is 0 Å². The average molecular weight is 341 g/mol. The Kier molecular flexibility index (Phi) is 4.57. The summed E-state index contributed by atoms with van der Waals surface area (Å²) in [6.07, 6.45) is -0.705. The third-order valence-electron chi connectivity index (χ3n) is 2.64. The van der Waals surface area contributed by atoms with E-state index in [4.69, 9.17) is 5.73 Å². The zero-order valence-electron chi connectivity index (χ0n) is 9.97. The number of thiophene rings is 1. The summed E-state index contributed by atoms with van der Waals surface area (Å²) in [5.74, 6) is -0.298. The molecule has 1 aromatic carbocycles. The molecule has 4 nitrogen and oxygen atoms in total. The molecule has 0 spiro atoms. The van der Waals surface area contributed by atoms with E-state index in [0.717, 1.165) is 10.0 Å². The number of anilines is 1. The number of rotatable bonds is 4. The van der Waals surface area contributed by atoms with Crippen LogP contribution < -0.4 is 11.1 Å². The molecule has 0 bridgehead atoms. The topological polar surface area (TPSA) is 75.4 Å². The molecule has 2 aromatic rings. The minimum Gasteiger partial charge on any atom is -0.398 e. The highest BCUT2D eigenvalue weighted by Crippen LogP contribution is 2.19. The van der Waals surface area contributed by atoms with Crippen LogP contribution in [-0.2, 0) is 0 Å². The fourth-order valence-corrected chi connectivity index (χ4v) is 2.66. The van der Waals surface area contributed by atoms with Crippen LogP contribution in [-0.4, -0.2) is 17.6 Å². The van der Waals surface area contributed by atoms with E-state index < -0.39 is 6.10 Å². The largest absolute Gasteiger partial charge is 0.398 e. The number of benzene rings is 1. The maximum absolute atomic E-state index is 12.0. The fraction of sp³-hybridized carbons (Fsp3) is 0.154. The molecule has 0 aliphatic rings. The number of carbonyl (C=O) groups excluding carboxylic acids is 1. The Morgan fingerprint density at radius 1 is 1.47 bits per heavy atom. The molecule has 0 aliphatic carbocycles. The highest BCUT2D eigenvalue weighted by atomic mass is 79.9. The molecule has 0 saturated heterocycles. The van der Waals surface area contributed by atoms with Gasteiger partial charge in [0.05, 0.1) is 11.7 Å². The normalized spacial score (nSPS) is 12.1. The number of nitrogens with two attached hydrogens (primary N) is 1. The molecule has 0 fully saturated rings. The van der Waals surface area contributed by atoms with Crippen LogP contribution in [0.25, 0.3) is 0 Å². The smallest absolute Gasteiger partial charge is 0.253 e. The molecule has 19 heavy (non-hydrogen) atoms. The van der Waals surface area contributed by atoms with E-state index in [-0.39, 0.29) is 12.5 Å². The monoisotopic (exact) mass is 340 g/mol. The van der Waals surface area contributed by atoms with Gasteiger partial charge in [-0.05, 0) is 40.6 Å². The maximum atomic E-state index is 12.0. The van der Waals surface area contributed by atoms with Gasteiger partial charge in [-0.3, -0.25) is 4.79 Å². The van der Waals surface area contributed by atoms with Gasteiger partial charge < -0.3 is 16.2 Å². The summed E-state index contributed by atoms with van der Waals surface area (Å²) in [6, 6.07) is 6.91. The van der Waals surface area contributed by atoms with Gasteiger partial charge in [0.1, 0.15) is 0 Å². The zero-order chi connectivity index (χ0) is 13.8. The first-order valence-corrected chi connectivity index (χ1v) is 7.35. The van der Waals surface area contributed by atoms with Gasteiger partial charge in [-0.2, -0.15) is 11.3 Å². The number of nitrogens with one attached hydrogen (secondary N) is 1. The van der Waals surface area contributed by atoms with Crippen LogP contribution in [0.15, 0.2) is 39.5 Å². The van der Waals surface area contributed by atoms with Gasteiger partial charge in [-0.25, -0.2) is 0 Å². The molecule has 1 amide bonds. The van der Waals surface area contributed by atoms with Crippen molar-refractivity contribution in [2.75, 3.05) is 12.3 Å². The number of carbonyl (C=O) groups is 1. The molecule has 0 saturated carbocycles. The summed E-state index contributed by atoms with van der Waals surface area (Å²) in [6.45, 7) is 0.154. The first kappa shape index (κ1) is 14.0. The fourth-order valence-electron chi connectivity index (χ4n) is 1.59. The lowest BCUT2D eigenvalue weighted by molar-refractivity contribution is 0.0917. The second kappa shape index (κ2) is 6.18. The lowest BCUT2D eigenvalue weighted by Crippen LogP contribution is -2.28. The Morgan fingerprint density at radius 3 is 2.95 bits per heavy atom. The van der Waals surface area contributed by atoms with Crippen LogP contribution in [0.5, 0.6) is 0 Å². The number of halogens is 1. The number of hydrogen-bond donors (Lipinski definition) is 3. The van der Waals surface area contributed by atoms with Crippen LogP contribution >= 0.6 is 27.3 Å². The van der Waals surface area contributed by atoms with Crippen molar-refractivity contribution in [1.29, 1.82) is 0 Å². The van der Waals surface area contributed by atoms with Crippen molar-refractivity contribution in [2.24, 2.45) is 0 Å². The average Bonchev–Trinajstić information content (AvgIpc) is 2.92. The van der Waals surface area contributed by atoms with Crippen LogP contribution in [0.3, 0.4) is 0 Å². The molecule has 6 heteroatoms. The van der Waals surface area contributed by atoms with E-state index in [0.29, 0.717) is 11.3 Å². The van der Waals surface area contributed by atoms with Gasteiger partial charge in [-0.15, -0.1) is 0 Å². The van der Waals surface area contributed by atoms with E-state index in [2.05, 4.69) is 21.2 Å². The molecule has 0 aliphatic heterocycles. The molecule has 100 valence electrons. The van der Waals surface area contributed by atoms with Gasteiger partial charge in [0.15, 0.2) is 0 Å². The Bertz CT molecular complexity index is 572. The molecule has 1 atom stereocenters. The Morgan fingerprint density at radius 2 is 2.26 bits per heavy atom. The number of nitrogen functional groups attached to an aromatic ring is 1. The molecule has 4 N–H and O–H groups in total. The second-order valence-electron chi connectivity index (χ2n) is 4.01. The van der Waals surface area contributed by atoms with Crippen molar-refractivity contribution in [3.05, 3.63) is 50.6 Å². The van der Waals surface area contributed by atoms with E-state index in [1.54, 1.807) is 18.2 Å². The second-order valence-corrected chi connectivity index (χ2v) is 5.71. The first-order chi connectivity index (χ1) is 9.08. The lowest BCUT2D eigenvalue weighted by Gasteiger charge is -2.11. The van der Waals surface area contributed by atoms with Crippen molar-refractivity contribution in [3.8, 4) is 0 Å². The van der Waals surface area contributed by atoms with Crippen molar-refractivity contribution < 1.29 is 9.90 Å². The molecule has 2 rings (SSSR count). The minimum atomic E-state index is -0.705. The number of amides is 1. The van der Waals surface area contributed by atoms with Crippen molar-refractivity contribution in [1.82, 2.24) is 5.32 Å². The standard InChI is InChI=1S/C13H13BrN2O2S/c14-9-1-2-11(15)10(5-9)13(18)16-6-12(17)8-3-4-19-7-8/h1-5,7,12,17H,6,15H2,(H,16,18). The van der Waals surface area contributed by atoms with E-state index in [1.807, 2.05) is 16.8 Å². The van der Waals surface area contributed by atoms with Gasteiger partial charge >= 0.3 is 0 Å². The number of hydrogen-bond acceptors (Lipinski definition) is 4. The molecule has 1 aromatic heterocycles. The molecular weight excluding hydrogens is 328 g/mol. The Labute approximate surface area is 123 Å². The molecule has 0 radical (unpaired) electrons. The summed E-state index contributed by atoms with van der Waals surface area (Å²) in [7, 11) is 0. The van der Waals surface area contributed by atoms with Gasteiger partial charge in [-0.1, -0.05) is 15.9 Å². The predicted octanol–water partition coefficient (Wildman–Crippen LogP) is 2.56. The summed E-state index contributed by atoms with van der Waals surface area (Å²) < 4.78 is 0.783.